The van der Waals surface area contributed by atoms with Crippen molar-refractivity contribution in [3.8, 4) is 0 Å². The second kappa shape index (κ2) is 4.46. The molecule has 1 heterocycles. The van der Waals surface area contributed by atoms with E-state index in [0.29, 0.717) is 10.2 Å². The van der Waals surface area contributed by atoms with Gasteiger partial charge in [0, 0.05) is 12.1 Å². The van der Waals surface area contributed by atoms with Gasteiger partial charge in [-0.1, -0.05) is 13.8 Å². The molecule has 0 aromatic carbocycles. The summed E-state index contributed by atoms with van der Waals surface area (Å²) < 4.78 is 0.667. The van der Waals surface area contributed by atoms with Crippen molar-refractivity contribution in [3.63, 3.8) is 0 Å². The molecule has 0 saturated heterocycles. The van der Waals surface area contributed by atoms with E-state index < -0.39 is 0 Å². The fraction of sp³-hybridized carbons (Fsp3) is 0.444. The molecule has 0 aliphatic rings. The van der Waals surface area contributed by atoms with Crippen LogP contribution in [0, 0.1) is 5.92 Å². The van der Waals surface area contributed by atoms with Crippen LogP contribution in [0.2, 0.25) is 0 Å². The average Bonchev–Trinajstić information content (AvgIpc) is 2.16. The summed E-state index contributed by atoms with van der Waals surface area (Å²) in [5.41, 5.74) is 0.476. The number of hydrogen-bond acceptors (Lipinski definition) is 3. The molecule has 0 saturated carbocycles. The number of aromatic nitrogens is 2. The third kappa shape index (κ3) is 2.34. The van der Waals surface area contributed by atoms with Gasteiger partial charge in [0.25, 0.3) is 0 Å². The van der Waals surface area contributed by atoms with Gasteiger partial charge in [-0.25, -0.2) is 9.97 Å². The van der Waals surface area contributed by atoms with Crippen molar-refractivity contribution in [2.45, 2.75) is 20.3 Å². The molecule has 0 fully saturated rings. The van der Waals surface area contributed by atoms with E-state index in [1.165, 1.54) is 6.33 Å². The van der Waals surface area contributed by atoms with Gasteiger partial charge in [0.2, 0.25) is 0 Å². The molecule has 0 radical (unpaired) electrons. The lowest BCUT2D eigenvalue weighted by atomic mass is 10.0. The number of hydrogen-bond donors (Lipinski definition) is 0. The summed E-state index contributed by atoms with van der Waals surface area (Å²) in [7, 11) is 0. The predicted molar refractivity (Wildman–Crippen MR) is 53.5 cm³/mol. The first-order chi connectivity index (χ1) is 6.16. The Balaban J connectivity index is 2.95. The van der Waals surface area contributed by atoms with E-state index in [4.69, 9.17) is 0 Å². The van der Waals surface area contributed by atoms with Gasteiger partial charge in [-0.2, -0.15) is 0 Å². The number of Topliss-reactive ketones (excluding diaryl/α,β-unsaturated/α-hetero) is 1. The van der Waals surface area contributed by atoms with E-state index in [1.807, 2.05) is 13.8 Å². The fourth-order valence-electron chi connectivity index (χ4n) is 0.913. The SMILES string of the molecule is CCC(C)C(=O)c1ncncc1Br. The third-order valence-corrected chi connectivity index (χ3v) is 2.54. The highest BCUT2D eigenvalue weighted by atomic mass is 79.9. The molecule has 0 aliphatic carbocycles. The second-order valence-corrected chi connectivity index (χ2v) is 3.75. The van der Waals surface area contributed by atoms with Crippen molar-refractivity contribution in [1.29, 1.82) is 0 Å². The fourth-order valence-corrected chi connectivity index (χ4v) is 1.33. The van der Waals surface area contributed by atoms with Crippen molar-refractivity contribution in [1.82, 2.24) is 9.97 Å². The Kier molecular flexibility index (Phi) is 3.54. The summed E-state index contributed by atoms with van der Waals surface area (Å²) in [4.78, 5) is 19.4. The van der Waals surface area contributed by atoms with Crippen molar-refractivity contribution in [2.24, 2.45) is 5.92 Å². The Labute approximate surface area is 85.7 Å². The first kappa shape index (κ1) is 10.3. The summed E-state index contributed by atoms with van der Waals surface area (Å²) in [6.07, 6.45) is 3.80. The minimum Gasteiger partial charge on any atom is -0.292 e. The number of carbonyl (C=O) groups excluding carboxylic acids is 1. The highest BCUT2D eigenvalue weighted by molar-refractivity contribution is 9.10. The Morgan fingerprint density at radius 2 is 2.38 bits per heavy atom. The van der Waals surface area contributed by atoms with Crippen molar-refractivity contribution in [2.75, 3.05) is 0 Å². The highest BCUT2D eigenvalue weighted by Crippen LogP contribution is 2.17. The molecule has 70 valence electrons. The molecule has 0 aliphatic heterocycles. The topological polar surface area (TPSA) is 42.9 Å². The zero-order valence-electron chi connectivity index (χ0n) is 7.62. The van der Waals surface area contributed by atoms with Gasteiger partial charge in [0.05, 0.1) is 4.47 Å². The lowest BCUT2D eigenvalue weighted by molar-refractivity contribution is 0.0921. The van der Waals surface area contributed by atoms with Gasteiger partial charge in [-0.3, -0.25) is 4.79 Å². The lowest BCUT2D eigenvalue weighted by Crippen LogP contribution is -2.12. The Hall–Kier alpha value is -0.770. The van der Waals surface area contributed by atoms with E-state index in [-0.39, 0.29) is 11.7 Å². The minimum absolute atomic E-state index is 0.0196. The van der Waals surface area contributed by atoms with Crippen LogP contribution in [0.4, 0.5) is 0 Å². The monoisotopic (exact) mass is 242 g/mol. The van der Waals surface area contributed by atoms with Crippen LogP contribution in [0.15, 0.2) is 17.0 Å². The molecule has 0 amide bonds. The minimum atomic E-state index is 0.0196. The number of carbonyl (C=O) groups is 1. The molecule has 0 spiro atoms. The van der Waals surface area contributed by atoms with Crippen LogP contribution in [0.5, 0.6) is 0 Å². The summed E-state index contributed by atoms with van der Waals surface area (Å²) in [5.74, 6) is 0.0861. The molecule has 3 nitrogen and oxygen atoms in total. The van der Waals surface area contributed by atoms with Gasteiger partial charge < -0.3 is 0 Å². The van der Waals surface area contributed by atoms with Crippen LogP contribution in [0.1, 0.15) is 30.8 Å². The second-order valence-electron chi connectivity index (χ2n) is 2.89. The molecular weight excluding hydrogens is 232 g/mol. The maximum absolute atomic E-state index is 11.7. The normalized spacial score (nSPS) is 12.5. The molecule has 0 N–H and O–H groups in total. The predicted octanol–water partition coefficient (Wildman–Crippen LogP) is 2.47. The van der Waals surface area contributed by atoms with Gasteiger partial charge in [-0.05, 0) is 22.4 Å². The highest BCUT2D eigenvalue weighted by Gasteiger charge is 2.17. The van der Waals surface area contributed by atoms with Crippen LogP contribution >= 0.6 is 15.9 Å². The number of nitrogens with zero attached hydrogens (tertiary/aromatic N) is 2. The standard InChI is InChI=1S/C9H11BrN2O/c1-3-6(2)9(13)8-7(10)4-11-5-12-8/h4-6H,3H2,1-2H3. The van der Waals surface area contributed by atoms with Crippen molar-refractivity contribution in [3.05, 3.63) is 22.7 Å². The summed E-state index contributed by atoms with van der Waals surface area (Å²) in [6.45, 7) is 3.88. The van der Waals surface area contributed by atoms with Gasteiger partial charge in [0.1, 0.15) is 12.0 Å². The molecular formula is C9H11BrN2O. The zero-order chi connectivity index (χ0) is 9.84. The van der Waals surface area contributed by atoms with Gasteiger partial charge in [-0.15, -0.1) is 0 Å². The Morgan fingerprint density at radius 1 is 1.69 bits per heavy atom. The van der Waals surface area contributed by atoms with E-state index in [2.05, 4.69) is 25.9 Å². The van der Waals surface area contributed by atoms with Crippen LogP contribution in [-0.4, -0.2) is 15.8 Å². The average molecular weight is 243 g/mol. The van der Waals surface area contributed by atoms with E-state index >= 15 is 0 Å². The largest absolute Gasteiger partial charge is 0.292 e. The number of rotatable bonds is 3. The molecule has 1 aromatic heterocycles. The Bertz CT molecular complexity index is 314. The van der Waals surface area contributed by atoms with Gasteiger partial charge >= 0.3 is 0 Å². The van der Waals surface area contributed by atoms with Crippen LogP contribution < -0.4 is 0 Å². The van der Waals surface area contributed by atoms with E-state index in [1.54, 1.807) is 6.20 Å². The van der Waals surface area contributed by atoms with Crippen molar-refractivity contribution >= 4 is 21.7 Å². The van der Waals surface area contributed by atoms with Crippen molar-refractivity contribution < 1.29 is 4.79 Å². The van der Waals surface area contributed by atoms with E-state index in [9.17, 15) is 4.79 Å². The smallest absolute Gasteiger partial charge is 0.185 e. The third-order valence-electron chi connectivity index (χ3n) is 1.96. The van der Waals surface area contributed by atoms with Gasteiger partial charge in [0.15, 0.2) is 5.78 Å². The molecule has 1 atom stereocenters. The molecule has 1 aromatic rings. The lowest BCUT2D eigenvalue weighted by Gasteiger charge is -2.06. The number of ketones is 1. The first-order valence-corrected chi connectivity index (χ1v) is 4.95. The summed E-state index contributed by atoms with van der Waals surface area (Å²) in [6, 6.07) is 0. The van der Waals surface area contributed by atoms with Crippen LogP contribution in [0.25, 0.3) is 0 Å². The van der Waals surface area contributed by atoms with E-state index in [0.717, 1.165) is 6.42 Å². The maximum Gasteiger partial charge on any atom is 0.185 e. The quantitative estimate of drug-likeness (QED) is 0.766. The first-order valence-electron chi connectivity index (χ1n) is 4.16. The molecule has 1 rings (SSSR count). The Morgan fingerprint density at radius 3 is 2.92 bits per heavy atom. The molecule has 1 unspecified atom stereocenters. The zero-order valence-corrected chi connectivity index (χ0v) is 9.21. The number of halogens is 1. The summed E-state index contributed by atoms with van der Waals surface area (Å²) >= 11 is 3.25. The van der Waals surface area contributed by atoms with Crippen LogP contribution in [0.3, 0.4) is 0 Å². The maximum atomic E-state index is 11.7. The molecule has 4 heteroatoms. The molecule has 13 heavy (non-hydrogen) atoms. The molecule has 0 bridgehead atoms. The van der Waals surface area contributed by atoms with Crippen LogP contribution in [-0.2, 0) is 0 Å². The summed E-state index contributed by atoms with van der Waals surface area (Å²) in [5, 5.41) is 0.